The van der Waals surface area contributed by atoms with Gasteiger partial charge in [-0.25, -0.2) is 0 Å². The first-order valence-electron chi connectivity index (χ1n) is 43.7. The van der Waals surface area contributed by atoms with Gasteiger partial charge in [0.1, 0.15) is 60.4 Å². The van der Waals surface area contributed by atoms with E-state index in [0.29, 0.717) is 122 Å². The maximum absolute atomic E-state index is 16.1. The predicted octanol–water partition coefficient (Wildman–Crippen LogP) is 7.47. The lowest BCUT2D eigenvalue weighted by Crippen LogP contribution is -2.66. The molecule has 3 saturated heterocycles. The minimum absolute atomic E-state index is 0.0809. The van der Waals surface area contributed by atoms with Crippen molar-refractivity contribution in [3.63, 3.8) is 0 Å². The van der Waals surface area contributed by atoms with Crippen LogP contribution in [0.5, 0.6) is 0 Å². The summed E-state index contributed by atoms with van der Waals surface area (Å²) in [6, 6.07) is 7.77. The van der Waals surface area contributed by atoms with Gasteiger partial charge in [-0.3, -0.25) is 47.9 Å². The summed E-state index contributed by atoms with van der Waals surface area (Å²) in [6.07, 6.45) is 26.5. The molecule has 0 aromatic heterocycles. The van der Waals surface area contributed by atoms with E-state index in [2.05, 4.69) is 42.5 Å². The van der Waals surface area contributed by atoms with Crippen LogP contribution >= 0.6 is 0 Å². The van der Waals surface area contributed by atoms with Crippen molar-refractivity contribution >= 4 is 59.1 Å². The highest BCUT2D eigenvalue weighted by Crippen LogP contribution is 2.65. The fourth-order valence-corrected chi connectivity index (χ4v) is 28.8. The zero-order valence-corrected chi connectivity index (χ0v) is 64.9. The van der Waals surface area contributed by atoms with E-state index in [1.807, 2.05) is 60.7 Å². The van der Waals surface area contributed by atoms with Gasteiger partial charge in [-0.2, -0.15) is 0 Å². The van der Waals surface area contributed by atoms with E-state index in [1.165, 1.54) is 0 Å². The van der Waals surface area contributed by atoms with Crippen LogP contribution in [0.15, 0.2) is 60.7 Å². The molecule has 3 heterocycles. The molecule has 596 valence electrons. The summed E-state index contributed by atoms with van der Waals surface area (Å²) in [5.74, 6) is 0.182. The Morgan fingerprint density at radius 3 is 0.891 bits per heavy atom. The molecule has 22 nitrogen and oxygen atoms in total. The molecule has 19 fully saturated rings. The van der Waals surface area contributed by atoms with Gasteiger partial charge < -0.3 is 63.8 Å². The van der Waals surface area contributed by atoms with Crippen LogP contribution in [0.3, 0.4) is 0 Å². The summed E-state index contributed by atoms with van der Waals surface area (Å²) in [4.78, 5) is 162. The molecular weight excluding hydrogens is 1390 g/mol. The molecule has 12 N–H and O–H groups in total. The number of carbonyl (C=O) groups is 10. The van der Waals surface area contributed by atoms with E-state index in [0.717, 1.165) is 165 Å². The molecule has 16 bridgehead atoms. The van der Waals surface area contributed by atoms with Gasteiger partial charge in [0.15, 0.2) is 0 Å². The lowest BCUT2D eigenvalue weighted by Gasteiger charge is -2.59. The first-order valence-corrected chi connectivity index (χ1v) is 43.7. The Balaban J connectivity index is 0.745. The van der Waals surface area contributed by atoms with Crippen LogP contribution in [-0.2, 0) is 60.8 Å². The third kappa shape index (κ3) is 15.6. The maximum atomic E-state index is 16.1. The Hall–Kier alpha value is -6.94. The fraction of sp³-hybridized carbons (Fsp3) is 0.750. The van der Waals surface area contributed by atoms with Crippen LogP contribution in [0.2, 0.25) is 0 Å². The molecule has 21 rings (SSSR count). The van der Waals surface area contributed by atoms with Gasteiger partial charge in [-0.15, -0.1) is 0 Å². The second-order valence-electron chi connectivity index (χ2n) is 39.7. The third-order valence-electron chi connectivity index (χ3n) is 31.5. The number of rotatable bonds is 16. The van der Waals surface area contributed by atoms with E-state index < -0.39 is 130 Å². The molecule has 2 aromatic carbocycles. The van der Waals surface area contributed by atoms with Crippen molar-refractivity contribution in [3.05, 3.63) is 71.8 Å². The standard InChI is InChI=1S/C88H124N12O10/c89-19-7-15-65-75(101)95-69(49-85-37-53-23-54(38-85)25-55(24-53)39-85)77(103)93-67(35-51-11-3-1-4-12-51)83(109)99-21-9-17-71(99)79(105)97-73(87-43-59-29-60(44-87)31-61(30-59)45-87)81(107)92-66(16-8-20-90)76(102)96-70(50-86-40-56-26-57(41-86)28-58(27-56)42-86)78(104)94-68(36-52-13-5-2-6-14-52)84(110)100-22-10-18-72(100)80(106)98-74(82(108)91-65)88-46-62-32-63(47-88)34-64(33-62)48-88/h1-6,11-14,53-74H,7-10,15-50,89-90H2,(H,91,108)(H,92,107)(H,93,103)(H,94,104)(H,95,101)(H,96,102)(H,97,105)(H,98,106)/t53?,54?,55?,56?,57?,58?,59?,60?,61?,62?,63?,64?,65-,66-,67+,68+,69-,70-,71-,72-,73?,74?,85?,86?,87?,88?/m0/s1. The van der Waals surface area contributed by atoms with Crippen LogP contribution in [0, 0.1) is 92.7 Å². The minimum atomic E-state index is -1.19. The number of nitrogens with one attached hydrogen (secondary N) is 8. The highest BCUT2D eigenvalue weighted by atomic mass is 16.2. The number of hydrogen-bond acceptors (Lipinski definition) is 12. The number of nitrogens with two attached hydrogens (primary N) is 2. The summed E-state index contributed by atoms with van der Waals surface area (Å²) in [7, 11) is 0. The average molecular weight is 1510 g/mol. The van der Waals surface area contributed by atoms with E-state index in [9.17, 15) is 0 Å². The van der Waals surface area contributed by atoms with E-state index in [4.69, 9.17) is 11.5 Å². The number of fused-ring (bicyclic) bond motifs is 2. The molecule has 22 heteroatoms. The van der Waals surface area contributed by atoms with Gasteiger partial charge in [0.05, 0.1) is 0 Å². The summed E-state index contributed by atoms with van der Waals surface area (Å²) >= 11 is 0. The average Bonchev–Trinajstić information content (AvgIpc) is 0.819. The number of benzene rings is 2. The van der Waals surface area contributed by atoms with Crippen molar-refractivity contribution in [2.45, 2.75) is 292 Å². The van der Waals surface area contributed by atoms with Gasteiger partial charge in [0.25, 0.3) is 0 Å². The molecule has 0 spiro atoms. The molecular formula is C88H124N12O10. The lowest BCUT2D eigenvalue weighted by atomic mass is 9.47. The molecule has 2 aromatic rings. The SMILES string of the molecule is NCCC[C@@H]1NC(=O)C(C23CC4CC(CC(C4)C2)C3)NC(=O)[C@@H]2CCCN2C(=O)[C@@H](Cc2ccccc2)NC(=O)[C@H](CC23CC4CC(CC(C4)C2)C3)NC(=O)[C@H](CCCN)NC(=O)C(C23CC4CC(CC(C4)C2)C3)NC(=O)[C@@H]2CCCN2C(=O)[C@@H](Cc2ccccc2)NC(=O)[C@H](CC23CC4CC(CC(C4)C2)C3)NC1=O. The first kappa shape index (κ1) is 75.7. The van der Waals surface area contributed by atoms with Crippen molar-refractivity contribution in [3.8, 4) is 0 Å². The van der Waals surface area contributed by atoms with Gasteiger partial charge in [-0.05, 0) is 324 Å². The summed E-state index contributed by atoms with van der Waals surface area (Å²) in [5.41, 5.74) is 12.4. The summed E-state index contributed by atoms with van der Waals surface area (Å²) in [6.45, 7) is 0.856. The van der Waals surface area contributed by atoms with Crippen LogP contribution in [0.1, 0.15) is 229 Å². The molecule has 19 aliphatic rings. The van der Waals surface area contributed by atoms with E-state index in [-0.39, 0.29) is 62.7 Å². The van der Waals surface area contributed by atoms with Crippen LogP contribution in [-0.4, -0.2) is 155 Å². The molecule has 10 atom stereocenters. The second-order valence-corrected chi connectivity index (χ2v) is 39.7. The van der Waals surface area contributed by atoms with Gasteiger partial charge in [0, 0.05) is 36.8 Å². The van der Waals surface area contributed by atoms with Crippen molar-refractivity contribution in [1.82, 2.24) is 52.3 Å². The summed E-state index contributed by atoms with van der Waals surface area (Å²) < 4.78 is 0. The zero-order valence-electron chi connectivity index (χ0n) is 64.9. The molecule has 0 radical (unpaired) electrons. The maximum Gasteiger partial charge on any atom is 0.246 e. The largest absolute Gasteiger partial charge is 0.343 e. The van der Waals surface area contributed by atoms with Crippen LogP contribution in [0.25, 0.3) is 0 Å². The van der Waals surface area contributed by atoms with Crippen LogP contribution < -0.4 is 54.0 Å². The minimum Gasteiger partial charge on any atom is -0.343 e. The van der Waals surface area contributed by atoms with Crippen molar-refractivity contribution in [1.29, 1.82) is 0 Å². The van der Waals surface area contributed by atoms with Gasteiger partial charge in [0.2, 0.25) is 59.1 Å². The molecule has 10 amide bonds. The topological polar surface area (TPSA) is 325 Å². The number of nitrogens with zero attached hydrogens (tertiary/aromatic N) is 2. The Morgan fingerprint density at radius 2 is 0.591 bits per heavy atom. The normalized spacial score (nSPS) is 42.6. The monoisotopic (exact) mass is 1510 g/mol. The number of carbonyl (C=O) groups excluding carboxylic acids is 10. The Bertz CT molecular complexity index is 3430. The second kappa shape index (κ2) is 31.1. The Morgan fingerprint density at radius 1 is 0.318 bits per heavy atom. The molecule has 110 heavy (non-hydrogen) atoms. The van der Waals surface area contributed by atoms with Crippen molar-refractivity contribution in [2.75, 3.05) is 26.2 Å². The lowest BCUT2D eigenvalue weighted by molar-refractivity contribution is -0.148. The highest BCUT2D eigenvalue weighted by Gasteiger charge is 2.61. The fourth-order valence-electron chi connectivity index (χ4n) is 28.8. The summed E-state index contributed by atoms with van der Waals surface area (Å²) in [5, 5.41) is 26.2. The number of amides is 10. The van der Waals surface area contributed by atoms with E-state index >= 15 is 47.9 Å². The van der Waals surface area contributed by atoms with Crippen molar-refractivity contribution < 1.29 is 47.9 Å². The van der Waals surface area contributed by atoms with Crippen LogP contribution in [0.4, 0.5) is 0 Å². The molecule has 16 saturated carbocycles. The van der Waals surface area contributed by atoms with E-state index in [1.54, 1.807) is 9.80 Å². The van der Waals surface area contributed by atoms with Gasteiger partial charge in [-0.1, -0.05) is 60.7 Å². The van der Waals surface area contributed by atoms with Gasteiger partial charge >= 0.3 is 0 Å². The molecule has 2 unspecified atom stereocenters. The van der Waals surface area contributed by atoms with Crippen molar-refractivity contribution in [2.24, 2.45) is 104 Å². The smallest absolute Gasteiger partial charge is 0.246 e. The first-order chi connectivity index (χ1) is 53.1. The Labute approximate surface area is 649 Å². The zero-order chi connectivity index (χ0) is 75.8. The Kier molecular flexibility index (Phi) is 21.4. The molecule has 16 aliphatic carbocycles. The third-order valence-corrected chi connectivity index (χ3v) is 31.5. The quantitative estimate of drug-likeness (QED) is 0.0783. The molecule has 3 aliphatic heterocycles. The predicted molar refractivity (Wildman–Crippen MR) is 413 cm³/mol. The number of hydrogen-bond donors (Lipinski definition) is 10. The highest BCUT2D eigenvalue weighted by molar-refractivity contribution is 6.00.